The fourth-order valence-corrected chi connectivity index (χ4v) is 2.72. The van der Waals surface area contributed by atoms with Crippen LogP contribution < -0.4 is 5.32 Å². The maximum absolute atomic E-state index is 3.69. The Kier molecular flexibility index (Phi) is 7.87. The minimum atomic E-state index is 0.746. The second-order valence-corrected chi connectivity index (χ2v) is 5.77. The molecule has 1 rings (SSSR count). The third kappa shape index (κ3) is 6.42. The Morgan fingerprint density at radius 3 is 2.71 bits per heavy atom. The second kappa shape index (κ2) is 8.93. The van der Waals surface area contributed by atoms with Gasteiger partial charge in [-0.25, -0.2) is 0 Å². The third-order valence-electron chi connectivity index (χ3n) is 3.94. The molecule has 0 aromatic rings. The van der Waals surface area contributed by atoms with Gasteiger partial charge in [0.1, 0.15) is 0 Å². The van der Waals surface area contributed by atoms with E-state index in [1.165, 1.54) is 64.7 Å². The lowest BCUT2D eigenvalue weighted by molar-refractivity contribution is 0.194. The molecular formula is C15H32N2. The summed E-state index contributed by atoms with van der Waals surface area (Å²) in [6.07, 6.45) is 8.16. The van der Waals surface area contributed by atoms with Crippen LogP contribution in [0.5, 0.6) is 0 Å². The predicted molar refractivity (Wildman–Crippen MR) is 76.4 cm³/mol. The summed E-state index contributed by atoms with van der Waals surface area (Å²) in [6.45, 7) is 12.1. The van der Waals surface area contributed by atoms with Gasteiger partial charge in [0, 0.05) is 12.6 Å². The Balaban J connectivity index is 2.26. The quantitative estimate of drug-likeness (QED) is 0.717. The predicted octanol–water partition coefficient (Wildman–Crippen LogP) is 3.28. The molecule has 17 heavy (non-hydrogen) atoms. The zero-order chi connectivity index (χ0) is 12.5. The molecule has 1 aliphatic rings. The van der Waals surface area contributed by atoms with Crippen LogP contribution in [-0.2, 0) is 0 Å². The molecule has 1 heterocycles. The lowest BCUT2D eigenvalue weighted by atomic mass is 10.0. The number of hydrogen-bond acceptors (Lipinski definition) is 2. The fourth-order valence-electron chi connectivity index (χ4n) is 2.72. The summed E-state index contributed by atoms with van der Waals surface area (Å²) in [5.41, 5.74) is 0. The van der Waals surface area contributed by atoms with Crippen LogP contribution in [0, 0.1) is 5.92 Å². The third-order valence-corrected chi connectivity index (χ3v) is 3.94. The molecule has 0 aromatic carbocycles. The molecule has 102 valence electrons. The van der Waals surface area contributed by atoms with Gasteiger partial charge in [0.15, 0.2) is 0 Å². The molecular weight excluding hydrogens is 208 g/mol. The van der Waals surface area contributed by atoms with Gasteiger partial charge in [0.2, 0.25) is 0 Å². The largest absolute Gasteiger partial charge is 0.314 e. The number of unbranched alkanes of at least 4 members (excludes halogenated alkanes) is 3. The summed E-state index contributed by atoms with van der Waals surface area (Å²) in [5.74, 6) is 0.801. The summed E-state index contributed by atoms with van der Waals surface area (Å²) in [6, 6.07) is 0.746. The summed E-state index contributed by atoms with van der Waals surface area (Å²) in [5, 5.41) is 3.69. The van der Waals surface area contributed by atoms with Crippen LogP contribution in [0.3, 0.4) is 0 Å². The van der Waals surface area contributed by atoms with Crippen molar-refractivity contribution in [3.05, 3.63) is 0 Å². The molecule has 2 unspecified atom stereocenters. The summed E-state index contributed by atoms with van der Waals surface area (Å²) < 4.78 is 0. The highest BCUT2D eigenvalue weighted by Gasteiger charge is 2.17. The molecule has 0 spiro atoms. The highest BCUT2D eigenvalue weighted by atomic mass is 15.1. The topological polar surface area (TPSA) is 15.3 Å². The van der Waals surface area contributed by atoms with Crippen molar-refractivity contribution in [1.82, 2.24) is 10.2 Å². The van der Waals surface area contributed by atoms with E-state index in [1.807, 2.05) is 0 Å². The van der Waals surface area contributed by atoms with Gasteiger partial charge < -0.3 is 10.2 Å². The van der Waals surface area contributed by atoms with Gasteiger partial charge in [-0.05, 0) is 44.8 Å². The first kappa shape index (κ1) is 15.0. The minimum absolute atomic E-state index is 0.746. The molecule has 0 aliphatic carbocycles. The Hall–Kier alpha value is -0.0800. The van der Waals surface area contributed by atoms with Gasteiger partial charge in [0.25, 0.3) is 0 Å². The smallest absolute Gasteiger partial charge is 0.00767 e. The number of nitrogens with zero attached hydrogens (tertiary/aromatic N) is 1. The van der Waals surface area contributed by atoms with Crippen LogP contribution >= 0.6 is 0 Å². The molecule has 1 aliphatic heterocycles. The van der Waals surface area contributed by atoms with Crippen molar-refractivity contribution in [3.8, 4) is 0 Å². The van der Waals surface area contributed by atoms with Crippen LogP contribution in [0.25, 0.3) is 0 Å². The average Bonchev–Trinajstić information content (AvgIpc) is 2.31. The van der Waals surface area contributed by atoms with E-state index in [0.29, 0.717) is 0 Å². The Morgan fingerprint density at radius 1 is 1.18 bits per heavy atom. The number of nitrogens with one attached hydrogen (secondary N) is 1. The number of hydrogen-bond donors (Lipinski definition) is 1. The van der Waals surface area contributed by atoms with Crippen molar-refractivity contribution in [2.24, 2.45) is 5.92 Å². The highest BCUT2D eigenvalue weighted by molar-refractivity contribution is 4.75. The summed E-state index contributed by atoms with van der Waals surface area (Å²) in [7, 11) is 0. The van der Waals surface area contributed by atoms with Crippen LogP contribution in [0.2, 0.25) is 0 Å². The lowest BCUT2D eigenvalue weighted by Gasteiger charge is -2.32. The fraction of sp³-hybridized carbons (Fsp3) is 1.00. The molecule has 0 aromatic heterocycles. The van der Waals surface area contributed by atoms with E-state index in [1.54, 1.807) is 0 Å². The van der Waals surface area contributed by atoms with Crippen molar-refractivity contribution in [1.29, 1.82) is 0 Å². The molecule has 0 bridgehead atoms. The monoisotopic (exact) mass is 240 g/mol. The first-order valence-corrected chi connectivity index (χ1v) is 7.72. The minimum Gasteiger partial charge on any atom is -0.314 e. The van der Waals surface area contributed by atoms with Crippen molar-refractivity contribution in [2.45, 2.75) is 65.3 Å². The second-order valence-electron chi connectivity index (χ2n) is 5.77. The molecule has 2 nitrogen and oxygen atoms in total. The Bertz CT molecular complexity index is 182. The van der Waals surface area contributed by atoms with Crippen molar-refractivity contribution >= 4 is 0 Å². The van der Waals surface area contributed by atoms with Crippen LogP contribution in [0.4, 0.5) is 0 Å². The summed E-state index contributed by atoms with van der Waals surface area (Å²) in [4.78, 5) is 2.70. The number of rotatable bonds is 6. The Morgan fingerprint density at radius 2 is 2.00 bits per heavy atom. The maximum atomic E-state index is 3.69. The van der Waals surface area contributed by atoms with Crippen LogP contribution in [0.15, 0.2) is 0 Å². The van der Waals surface area contributed by atoms with E-state index in [9.17, 15) is 0 Å². The first-order chi connectivity index (χ1) is 8.26. The molecule has 1 saturated heterocycles. The molecule has 0 amide bonds. The van der Waals surface area contributed by atoms with E-state index in [4.69, 9.17) is 0 Å². The average molecular weight is 240 g/mol. The normalized spacial score (nSPS) is 27.7. The molecule has 2 atom stereocenters. The van der Waals surface area contributed by atoms with E-state index in [-0.39, 0.29) is 0 Å². The standard InChI is InChI=1S/C15H32N2/c1-4-6-7-8-10-17-11-9-15(5-2)16-12-14(3)13-17/h14-16H,4-13H2,1-3H3. The first-order valence-electron chi connectivity index (χ1n) is 7.72. The zero-order valence-corrected chi connectivity index (χ0v) is 12.2. The van der Waals surface area contributed by atoms with Crippen LogP contribution in [0.1, 0.15) is 59.3 Å². The van der Waals surface area contributed by atoms with Gasteiger partial charge in [-0.3, -0.25) is 0 Å². The van der Waals surface area contributed by atoms with Gasteiger partial charge in [-0.15, -0.1) is 0 Å². The van der Waals surface area contributed by atoms with Gasteiger partial charge >= 0.3 is 0 Å². The molecule has 0 radical (unpaired) electrons. The van der Waals surface area contributed by atoms with E-state index in [2.05, 4.69) is 31.0 Å². The van der Waals surface area contributed by atoms with E-state index in [0.717, 1.165) is 12.0 Å². The Labute approximate surface area is 108 Å². The van der Waals surface area contributed by atoms with Crippen molar-refractivity contribution < 1.29 is 0 Å². The lowest BCUT2D eigenvalue weighted by Crippen LogP contribution is -2.43. The van der Waals surface area contributed by atoms with E-state index < -0.39 is 0 Å². The summed E-state index contributed by atoms with van der Waals surface area (Å²) >= 11 is 0. The van der Waals surface area contributed by atoms with E-state index >= 15 is 0 Å². The van der Waals surface area contributed by atoms with Crippen molar-refractivity contribution in [2.75, 3.05) is 26.2 Å². The van der Waals surface area contributed by atoms with Crippen molar-refractivity contribution in [3.63, 3.8) is 0 Å². The molecule has 1 fully saturated rings. The van der Waals surface area contributed by atoms with Crippen LogP contribution in [-0.4, -0.2) is 37.1 Å². The van der Waals surface area contributed by atoms with Gasteiger partial charge in [-0.2, -0.15) is 0 Å². The SMILES string of the molecule is CCCCCCN1CCC(CC)NCC(C)C1. The van der Waals surface area contributed by atoms with Gasteiger partial charge in [-0.1, -0.05) is 40.0 Å². The van der Waals surface area contributed by atoms with Gasteiger partial charge in [0.05, 0.1) is 0 Å². The zero-order valence-electron chi connectivity index (χ0n) is 12.2. The molecule has 1 N–H and O–H groups in total. The molecule has 0 saturated carbocycles. The maximum Gasteiger partial charge on any atom is 0.00767 e. The molecule has 2 heteroatoms. The highest BCUT2D eigenvalue weighted by Crippen LogP contribution is 2.10.